The van der Waals surface area contributed by atoms with E-state index >= 15 is 0 Å². The van der Waals surface area contributed by atoms with Gasteiger partial charge < -0.3 is 48.5 Å². The van der Waals surface area contributed by atoms with Crippen LogP contribution in [0.3, 0.4) is 0 Å². The molecule has 16 nitrogen and oxygen atoms in total. The number of unbranched alkanes of at least 4 members (excludes halogenated alkanes) is 30. The fourth-order valence-corrected chi connectivity index (χ4v) is 9.62. The first-order valence-corrected chi connectivity index (χ1v) is 33.0. The highest BCUT2D eigenvalue weighted by Crippen LogP contribution is 2.16. The third kappa shape index (κ3) is 51.2. The largest absolute Gasteiger partial charge is 0.480 e. The highest BCUT2D eigenvalue weighted by atomic mass is 32.1. The van der Waals surface area contributed by atoms with Gasteiger partial charge in [-0.1, -0.05) is 201 Å². The molecule has 0 aromatic carbocycles. The number of carboxylic acid groups (broad SMARTS) is 1. The summed E-state index contributed by atoms with van der Waals surface area (Å²) in [4.78, 5) is 88.2. The summed E-state index contributed by atoms with van der Waals surface area (Å²) in [5.41, 5.74) is 11.6. The van der Waals surface area contributed by atoms with Gasteiger partial charge in [0.15, 0.2) is 0 Å². The smallest absolute Gasteiger partial charge is 0.327 e. The molecular formula is C62H122N8O8S. The molecule has 0 fully saturated rings. The van der Waals surface area contributed by atoms with Crippen molar-refractivity contribution in [3.8, 4) is 0 Å². The molecule has 0 bridgehead atoms. The van der Waals surface area contributed by atoms with Crippen LogP contribution in [0, 0.1) is 0 Å². The monoisotopic (exact) mass is 1140 g/mol. The number of hydrogen-bond donors (Lipinski definition) is 10. The second-order valence-corrected chi connectivity index (χ2v) is 22.4. The average molecular weight is 1140 g/mol. The van der Waals surface area contributed by atoms with Crippen LogP contribution in [-0.2, 0) is 33.6 Å². The summed E-state index contributed by atoms with van der Waals surface area (Å²) in [7, 11) is 0. The number of carboxylic acids is 1. The van der Waals surface area contributed by atoms with Crippen molar-refractivity contribution >= 4 is 54.0 Å². The van der Waals surface area contributed by atoms with E-state index in [2.05, 4.69) is 65.3 Å². The van der Waals surface area contributed by atoms with E-state index in [1.165, 1.54) is 135 Å². The van der Waals surface area contributed by atoms with Gasteiger partial charge in [-0.25, -0.2) is 4.79 Å². The van der Waals surface area contributed by atoms with Gasteiger partial charge in [0.2, 0.25) is 35.4 Å². The van der Waals surface area contributed by atoms with E-state index in [4.69, 9.17) is 16.6 Å². The number of carbonyl (C=O) groups is 7. The Morgan fingerprint density at radius 1 is 0.354 bits per heavy atom. The predicted molar refractivity (Wildman–Crippen MR) is 330 cm³/mol. The summed E-state index contributed by atoms with van der Waals surface area (Å²) in [6.07, 6.45) is 42.8. The van der Waals surface area contributed by atoms with Crippen LogP contribution in [0.25, 0.3) is 0 Å². The standard InChI is InChI=1S/C56H111N7O5.C6H11NO3S/c1-4-7-10-13-15-17-19-21-23-25-27-29-31-43-52(64)59-47-39-35-42-50(61-53(65)44-32-30-28-26-24-22-20-18-16-14-11-8-5-2)55(67)63-51(41-34-37-46-58)56(68)62-49(40-33-36-45-57)54(66)60-48-38-12-9-6-3;1-2-5(8)7-4(3-11)6(9)10/h49-51H,4-48,57-58H2,1-3H3,(H,59,64)(H,60,66)(H,61,65)(H,62,68)(H,63,67);4,11H,2-3H2,1H3,(H,7,8)(H,9,10)/t49-,50-,51+;/m0./s1. The molecule has 1 unspecified atom stereocenters. The molecule has 464 valence electrons. The zero-order valence-corrected chi connectivity index (χ0v) is 51.8. The van der Waals surface area contributed by atoms with Crippen LogP contribution in [0.15, 0.2) is 0 Å². The maximum absolute atomic E-state index is 14.1. The number of rotatable bonds is 56. The molecule has 0 aliphatic carbocycles. The van der Waals surface area contributed by atoms with Crippen molar-refractivity contribution in [2.24, 2.45) is 11.5 Å². The van der Waals surface area contributed by atoms with Gasteiger partial charge in [-0.2, -0.15) is 12.6 Å². The summed E-state index contributed by atoms with van der Waals surface area (Å²) < 4.78 is 0. The SMILES string of the molecule is CCC(=O)NC(CS)C(=O)O.CCCCCCCCCCCCCCCC(=O)NCCCC[C@H](NC(=O)CCCCCCCCCCCCCCC)C(=O)N[C@H](CCCCN)C(=O)N[C@@H](CCCCN)C(=O)NCCCCCC. The van der Waals surface area contributed by atoms with E-state index in [9.17, 15) is 33.6 Å². The van der Waals surface area contributed by atoms with Crippen LogP contribution in [0.2, 0.25) is 0 Å². The first-order valence-electron chi connectivity index (χ1n) is 32.3. The van der Waals surface area contributed by atoms with Gasteiger partial charge in [-0.05, 0) is 90.1 Å². The quantitative estimate of drug-likeness (QED) is 0.0203. The van der Waals surface area contributed by atoms with Gasteiger partial charge in [-0.3, -0.25) is 28.8 Å². The number of nitrogens with two attached hydrogens (primary N) is 2. The Morgan fingerprint density at radius 3 is 1.05 bits per heavy atom. The van der Waals surface area contributed by atoms with Gasteiger partial charge in [0.05, 0.1) is 0 Å². The number of nitrogens with one attached hydrogen (secondary N) is 6. The third-order valence-electron chi connectivity index (χ3n) is 14.5. The summed E-state index contributed by atoms with van der Waals surface area (Å²) >= 11 is 3.77. The minimum Gasteiger partial charge on any atom is -0.480 e. The lowest BCUT2D eigenvalue weighted by molar-refractivity contribution is -0.141. The summed E-state index contributed by atoms with van der Waals surface area (Å²) in [6.45, 7) is 10.3. The van der Waals surface area contributed by atoms with E-state index < -0.39 is 42.0 Å². The molecule has 0 aromatic rings. The van der Waals surface area contributed by atoms with Crippen molar-refractivity contribution < 1.29 is 38.7 Å². The fourth-order valence-electron chi connectivity index (χ4n) is 9.37. The molecule has 0 rings (SSSR count). The molecule has 79 heavy (non-hydrogen) atoms. The van der Waals surface area contributed by atoms with Crippen LogP contribution in [0.4, 0.5) is 0 Å². The Kier molecular flexibility index (Phi) is 58.2. The van der Waals surface area contributed by atoms with Crippen molar-refractivity contribution in [3.05, 3.63) is 0 Å². The van der Waals surface area contributed by atoms with E-state index in [-0.39, 0.29) is 35.8 Å². The first-order chi connectivity index (χ1) is 38.3. The Hall–Kier alpha value is -3.44. The van der Waals surface area contributed by atoms with Gasteiger partial charge in [-0.15, -0.1) is 0 Å². The van der Waals surface area contributed by atoms with Gasteiger partial charge in [0.25, 0.3) is 0 Å². The van der Waals surface area contributed by atoms with Crippen LogP contribution < -0.4 is 43.4 Å². The fraction of sp³-hybridized carbons (Fsp3) is 0.887. The zero-order valence-electron chi connectivity index (χ0n) is 51.0. The summed E-state index contributed by atoms with van der Waals surface area (Å²) in [6, 6.07) is -3.34. The molecule has 0 aromatic heterocycles. The number of hydrogen-bond acceptors (Lipinski definition) is 10. The summed E-state index contributed by atoms with van der Waals surface area (Å²) in [5, 5.41) is 25.7. The molecule has 11 N–H and O–H groups in total. The highest BCUT2D eigenvalue weighted by molar-refractivity contribution is 7.80. The van der Waals surface area contributed by atoms with Crippen molar-refractivity contribution in [3.63, 3.8) is 0 Å². The maximum Gasteiger partial charge on any atom is 0.327 e. The minimum absolute atomic E-state index is 0.0614. The molecule has 0 aliphatic heterocycles. The first kappa shape index (κ1) is 77.6. The zero-order chi connectivity index (χ0) is 58.8. The average Bonchev–Trinajstić information content (AvgIpc) is 3.43. The van der Waals surface area contributed by atoms with E-state index in [0.29, 0.717) is 90.4 Å². The normalized spacial score (nSPS) is 12.5. The lowest BCUT2D eigenvalue weighted by Gasteiger charge is -2.25. The Morgan fingerprint density at radius 2 is 0.671 bits per heavy atom. The molecule has 0 heterocycles. The summed E-state index contributed by atoms with van der Waals surface area (Å²) in [5.74, 6) is -2.38. The van der Waals surface area contributed by atoms with Crippen LogP contribution >= 0.6 is 12.6 Å². The Balaban J connectivity index is 0. The number of carbonyl (C=O) groups excluding carboxylic acids is 6. The second-order valence-electron chi connectivity index (χ2n) is 22.0. The van der Waals surface area contributed by atoms with Crippen LogP contribution in [0.5, 0.6) is 0 Å². The van der Waals surface area contributed by atoms with Crippen molar-refractivity contribution in [1.82, 2.24) is 31.9 Å². The van der Waals surface area contributed by atoms with Crippen molar-refractivity contribution in [2.75, 3.05) is 31.9 Å². The van der Waals surface area contributed by atoms with Gasteiger partial charge >= 0.3 is 5.97 Å². The lowest BCUT2D eigenvalue weighted by Crippen LogP contribution is -2.56. The van der Waals surface area contributed by atoms with E-state index in [1.807, 2.05) is 0 Å². The van der Waals surface area contributed by atoms with E-state index in [1.54, 1.807) is 6.92 Å². The molecule has 0 saturated carbocycles. The Labute approximate surface area is 487 Å². The number of thiol groups is 1. The maximum atomic E-state index is 14.1. The molecule has 17 heteroatoms. The molecule has 4 atom stereocenters. The molecule has 0 radical (unpaired) electrons. The van der Waals surface area contributed by atoms with Crippen molar-refractivity contribution in [2.45, 2.75) is 322 Å². The van der Waals surface area contributed by atoms with Crippen LogP contribution in [-0.4, -0.2) is 103 Å². The lowest BCUT2D eigenvalue weighted by atomic mass is 10.0. The molecule has 0 saturated heterocycles. The number of amides is 6. The highest BCUT2D eigenvalue weighted by Gasteiger charge is 2.29. The van der Waals surface area contributed by atoms with E-state index in [0.717, 1.165) is 64.2 Å². The van der Waals surface area contributed by atoms with Crippen LogP contribution in [0.1, 0.15) is 297 Å². The second kappa shape index (κ2) is 59.2. The van der Waals surface area contributed by atoms with Gasteiger partial charge in [0, 0.05) is 38.1 Å². The molecule has 6 amide bonds. The Bertz CT molecular complexity index is 1500. The van der Waals surface area contributed by atoms with Gasteiger partial charge in [0.1, 0.15) is 24.2 Å². The topological polar surface area (TPSA) is 264 Å². The molecular weight excluding hydrogens is 1020 g/mol. The predicted octanol–water partition coefficient (Wildman–Crippen LogP) is 11.5. The molecule has 0 aliphatic rings. The molecule has 0 spiro atoms. The third-order valence-corrected chi connectivity index (χ3v) is 14.9. The minimum atomic E-state index is -1.05. The number of aliphatic carboxylic acids is 1. The van der Waals surface area contributed by atoms with Crippen molar-refractivity contribution in [1.29, 1.82) is 0 Å².